The zero-order chi connectivity index (χ0) is 15.3. The van der Waals surface area contributed by atoms with Gasteiger partial charge in [0, 0.05) is 5.69 Å². The number of halogens is 1. The summed E-state index contributed by atoms with van der Waals surface area (Å²) in [7, 11) is 0. The molecule has 0 fully saturated rings. The smallest absolute Gasteiger partial charge is 0.340 e. The second kappa shape index (κ2) is 6.99. The molecule has 19 heavy (non-hydrogen) atoms. The number of carbonyl (C=O) groups excluding carboxylic acids is 2. The number of hydrogen-bond donors (Lipinski definition) is 1. The van der Waals surface area contributed by atoms with Gasteiger partial charge in [-0.2, -0.15) is 0 Å². The van der Waals surface area contributed by atoms with Gasteiger partial charge in [0.2, 0.25) is 0 Å². The first kappa shape index (κ1) is 13.7. The molecule has 0 aromatic heterocycles. The van der Waals surface area contributed by atoms with Crippen LogP contribution in [0.1, 0.15) is 32.0 Å². The van der Waals surface area contributed by atoms with Gasteiger partial charge in [-0.1, -0.05) is 11.6 Å². The van der Waals surface area contributed by atoms with Crippen LogP contribution in [-0.4, -0.2) is 24.6 Å². The van der Waals surface area contributed by atoms with Crippen LogP contribution in [0, 0.1) is 0 Å². The van der Waals surface area contributed by atoms with Crippen molar-refractivity contribution in [3.63, 3.8) is 0 Å². The van der Waals surface area contributed by atoms with Crippen molar-refractivity contribution in [2.45, 2.75) is 26.3 Å². The fourth-order valence-electron chi connectivity index (χ4n) is 1.36. The van der Waals surface area contributed by atoms with Crippen molar-refractivity contribution in [1.29, 1.82) is 0 Å². The molecule has 0 bridgehead atoms. The lowest BCUT2D eigenvalue weighted by Gasteiger charge is -2.13. The van der Waals surface area contributed by atoms with Crippen LogP contribution in [0.15, 0.2) is 18.2 Å². The van der Waals surface area contributed by atoms with Gasteiger partial charge in [-0.3, -0.25) is 4.79 Å². The normalized spacial score (nSPS) is 14.2. The van der Waals surface area contributed by atoms with Crippen molar-refractivity contribution >= 4 is 29.2 Å². The highest BCUT2D eigenvalue weighted by molar-refractivity contribution is 6.33. The molecule has 5 nitrogen and oxygen atoms in total. The van der Waals surface area contributed by atoms with Crippen molar-refractivity contribution in [3.8, 4) is 0 Å². The van der Waals surface area contributed by atoms with Gasteiger partial charge in [-0.25, -0.2) is 4.79 Å². The molecule has 0 aliphatic rings. The fourth-order valence-corrected chi connectivity index (χ4v) is 1.56. The molecule has 0 aliphatic carbocycles. The molecule has 1 aromatic carbocycles. The number of anilines is 1. The third kappa shape index (κ3) is 4.79. The van der Waals surface area contributed by atoms with E-state index in [0.717, 1.165) is 0 Å². The van der Waals surface area contributed by atoms with E-state index in [-0.39, 0.29) is 23.6 Å². The predicted molar refractivity (Wildman–Crippen MR) is 72.0 cm³/mol. The van der Waals surface area contributed by atoms with Gasteiger partial charge < -0.3 is 15.2 Å². The minimum Gasteiger partial charge on any atom is -0.466 e. The van der Waals surface area contributed by atoms with Gasteiger partial charge in [0.05, 0.1) is 25.0 Å². The van der Waals surface area contributed by atoms with Gasteiger partial charge in [0.1, 0.15) is 6.08 Å². The third-order valence-corrected chi connectivity index (χ3v) is 2.51. The van der Waals surface area contributed by atoms with E-state index in [1.54, 1.807) is 6.92 Å². The summed E-state index contributed by atoms with van der Waals surface area (Å²) in [5.74, 6) is -1.43. The van der Waals surface area contributed by atoms with Crippen LogP contribution in [0.4, 0.5) is 5.69 Å². The molecule has 0 saturated heterocycles. The number of carbonyl (C=O) groups is 2. The largest absolute Gasteiger partial charge is 0.466 e. The zero-order valence-electron chi connectivity index (χ0n) is 11.7. The summed E-state index contributed by atoms with van der Waals surface area (Å²) < 4.78 is 17.5. The second-order valence-corrected chi connectivity index (χ2v) is 4.22. The maximum atomic E-state index is 11.9. The summed E-state index contributed by atoms with van der Waals surface area (Å²) in [5, 5.41) is 0.163. The molecule has 0 saturated carbocycles. The van der Waals surface area contributed by atoms with Gasteiger partial charge in [0.25, 0.3) is 0 Å². The average molecular weight is 287 g/mol. The monoisotopic (exact) mass is 286 g/mol. The topological polar surface area (TPSA) is 78.6 Å². The molecule has 0 heterocycles. The highest BCUT2D eigenvalue weighted by atomic mass is 35.5. The maximum absolute atomic E-state index is 11.9. The van der Waals surface area contributed by atoms with Gasteiger partial charge in [-0.15, -0.1) is 0 Å². The second-order valence-electron chi connectivity index (χ2n) is 3.81. The van der Waals surface area contributed by atoms with E-state index in [9.17, 15) is 9.59 Å². The molecule has 1 rings (SSSR count). The Morgan fingerprint density at radius 1 is 1.53 bits per heavy atom. The summed E-state index contributed by atoms with van der Waals surface area (Å²) in [5.41, 5.74) is 5.96. The Bertz CT molecular complexity index is 519. The quantitative estimate of drug-likeness (QED) is 0.664. The van der Waals surface area contributed by atoms with Crippen LogP contribution in [0.2, 0.25) is 5.02 Å². The summed E-state index contributed by atoms with van der Waals surface area (Å²) >= 11 is 5.87. The molecule has 0 radical (unpaired) electrons. The Labute approximate surface area is 118 Å². The first-order valence-corrected chi connectivity index (χ1v) is 6.07. The van der Waals surface area contributed by atoms with Crippen molar-refractivity contribution < 1.29 is 20.4 Å². The van der Waals surface area contributed by atoms with E-state index < -0.39 is 18.0 Å². The first-order valence-electron chi connectivity index (χ1n) is 6.19. The van der Waals surface area contributed by atoms with Gasteiger partial charge >= 0.3 is 11.9 Å². The van der Waals surface area contributed by atoms with Crippen LogP contribution < -0.4 is 5.73 Å². The molecular weight excluding hydrogens is 270 g/mol. The van der Waals surface area contributed by atoms with E-state index in [0.29, 0.717) is 5.69 Å². The summed E-state index contributed by atoms with van der Waals surface area (Å²) in [6, 6.07) is 4.35. The molecule has 6 heteroatoms. The molecule has 104 valence electrons. The SMILES string of the molecule is [2H][C@](C)(CC(=O)OCC)OC(=O)c1cc(N)ccc1Cl. The van der Waals surface area contributed by atoms with Crippen molar-refractivity contribution in [2.24, 2.45) is 0 Å². The number of ether oxygens (including phenoxy) is 2. The fraction of sp³-hybridized carbons (Fsp3) is 0.385. The van der Waals surface area contributed by atoms with Crippen molar-refractivity contribution in [3.05, 3.63) is 28.8 Å². The van der Waals surface area contributed by atoms with E-state index in [2.05, 4.69) is 0 Å². The number of nitrogens with two attached hydrogens (primary N) is 1. The van der Waals surface area contributed by atoms with E-state index >= 15 is 0 Å². The van der Waals surface area contributed by atoms with Crippen LogP contribution in [-0.2, 0) is 14.3 Å². The van der Waals surface area contributed by atoms with Crippen molar-refractivity contribution in [2.75, 3.05) is 12.3 Å². The lowest BCUT2D eigenvalue weighted by molar-refractivity contribution is -0.145. The molecule has 0 unspecified atom stereocenters. The van der Waals surface area contributed by atoms with Crippen LogP contribution in [0.3, 0.4) is 0 Å². The Morgan fingerprint density at radius 3 is 2.84 bits per heavy atom. The zero-order valence-corrected chi connectivity index (χ0v) is 11.5. The van der Waals surface area contributed by atoms with Gasteiger partial charge in [0.15, 0.2) is 0 Å². The van der Waals surface area contributed by atoms with Crippen molar-refractivity contribution in [1.82, 2.24) is 0 Å². The minimum atomic E-state index is -1.74. The standard InChI is InChI=1S/C13H16ClNO4/c1-3-18-12(16)6-8(2)19-13(17)10-7-9(15)4-5-11(10)14/h4-5,7-8H,3,6,15H2,1-2H3/t8-/m0/s1/i8D. The Hall–Kier alpha value is -1.75. The summed E-state index contributed by atoms with van der Waals surface area (Å²) in [4.78, 5) is 23.3. The summed E-state index contributed by atoms with van der Waals surface area (Å²) in [6.45, 7) is 3.14. The molecule has 1 aromatic rings. The Balaban J connectivity index is 2.78. The molecule has 0 aliphatic heterocycles. The number of nitrogen functional groups attached to an aromatic ring is 1. The maximum Gasteiger partial charge on any atom is 0.340 e. The van der Waals surface area contributed by atoms with E-state index in [1.165, 1.54) is 25.1 Å². The molecule has 1 atom stereocenters. The average Bonchev–Trinajstić information content (AvgIpc) is 2.30. The predicted octanol–water partition coefficient (Wildman–Crippen LogP) is 2.42. The Kier molecular flexibility index (Phi) is 5.03. The third-order valence-electron chi connectivity index (χ3n) is 2.18. The lowest BCUT2D eigenvalue weighted by Crippen LogP contribution is -2.20. The molecule has 0 amide bonds. The minimum absolute atomic E-state index is 0.0500. The van der Waals surface area contributed by atoms with Gasteiger partial charge in [-0.05, 0) is 32.0 Å². The van der Waals surface area contributed by atoms with Crippen LogP contribution in [0.5, 0.6) is 0 Å². The number of rotatable bonds is 5. The summed E-state index contributed by atoms with van der Waals surface area (Å²) in [6.07, 6.45) is -2.11. The van der Waals surface area contributed by atoms with Crippen LogP contribution >= 0.6 is 11.6 Å². The molecule has 0 spiro atoms. The number of hydrogen-bond acceptors (Lipinski definition) is 5. The molecule has 2 N–H and O–H groups in total. The highest BCUT2D eigenvalue weighted by Gasteiger charge is 2.18. The Morgan fingerprint density at radius 2 is 2.21 bits per heavy atom. The lowest BCUT2D eigenvalue weighted by atomic mass is 10.2. The molecular formula is C13H16ClNO4. The van der Waals surface area contributed by atoms with E-state index in [4.69, 9.17) is 28.2 Å². The van der Waals surface area contributed by atoms with E-state index in [1.807, 2.05) is 0 Å². The number of benzene rings is 1. The van der Waals surface area contributed by atoms with Crippen LogP contribution in [0.25, 0.3) is 0 Å². The highest BCUT2D eigenvalue weighted by Crippen LogP contribution is 2.20. The number of esters is 2. The first-order chi connectivity index (χ1) is 9.25.